The molecule has 2 aromatic heterocycles. The Kier molecular flexibility index (Phi) is 1.77. The highest BCUT2D eigenvalue weighted by Gasteiger charge is 2.11. The number of methoxy groups -OCH3 is 1. The van der Waals surface area contributed by atoms with Crippen LogP contribution in [0.1, 0.15) is 0 Å². The van der Waals surface area contributed by atoms with Gasteiger partial charge in [0.15, 0.2) is 11.3 Å². The van der Waals surface area contributed by atoms with E-state index in [1.165, 1.54) is 0 Å². The van der Waals surface area contributed by atoms with Gasteiger partial charge in [-0.15, -0.1) is 0 Å². The standard InChI is InChI=1S/C8H6BrNO2/c1-11-7-5-2-3-10-4-6(5)12-8(7)9/h2-4H,1H3. The van der Waals surface area contributed by atoms with Crippen LogP contribution in [-0.4, -0.2) is 12.1 Å². The van der Waals surface area contributed by atoms with Gasteiger partial charge in [0.05, 0.1) is 18.7 Å². The lowest BCUT2D eigenvalue weighted by molar-refractivity contribution is 0.403. The van der Waals surface area contributed by atoms with Gasteiger partial charge in [-0.2, -0.15) is 0 Å². The molecule has 2 aromatic rings. The number of halogens is 1. The summed E-state index contributed by atoms with van der Waals surface area (Å²) in [5.74, 6) is 0.715. The van der Waals surface area contributed by atoms with Crippen molar-refractivity contribution < 1.29 is 9.15 Å². The summed E-state index contributed by atoms with van der Waals surface area (Å²) >= 11 is 3.25. The molecule has 0 aliphatic heterocycles. The number of hydrogen-bond acceptors (Lipinski definition) is 3. The van der Waals surface area contributed by atoms with Gasteiger partial charge >= 0.3 is 0 Å². The number of ether oxygens (including phenoxy) is 1. The zero-order chi connectivity index (χ0) is 8.55. The second kappa shape index (κ2) is 2.79. The number of aromatic nitrogens is 1. The molecule has 0 fully saturated rings. The maximum absolute atomic E-state index is 5.32. The van der Waals surface area contributed by atoms with E-state index in [4.69, 9.17) is 9.15 Å². The van der Waals surface area contributed by atoms with Gasteiger partial charge in [0.25, 0.3) is 0 Å². The summed E-state index contributed by atoms with van der Waals surface area (Å²) in [7, 11) is 1.61. The molecule has 3 nitrogen and oxygen atoms in total. The first-order valence-corrected chi connectivity index (χ1v) is 4.18. The summed E-state index contributed by atoms with van der Waals surface area (Å²) in [6, 6.07) is 1.85. The maximum atomic E-state index is 5.32. The van der Waals surface area contributed by atoms with E-state index in [2.05, 4.69) is 20.9 Å². The molecule has 0 radical (unpaired) electrons. The number of furan rings is 1. The molecular formula is C8H6BrNO2. The molecule has 0 aromatic carbocycles. The van der Waals surface area contributed by atoms with Gasteiger partial charge in [-0.05, 0) is 22.0 Å². The fraction of sp³-hybridized carbons (Fsp3) is 0.125. The van der Waals surface area contributed by atoms with E-state index in [-0.39, 0.29) is 0 Å². The predicted molar refractivity (Wildman–Crippen MR) is 48.3 cm³/mol. The Morgan fingerprint density at radius 2 is 2.42 bits per heavy atom. The van der Waals surface area contributed by atoms with Crippen molar-refractivity contribution in [3.05, 3.63) is 23.1 Å². The van der Waals surface area contributed by atoms with Gasteiger partial charge in [0.1, 0.15) is 0 Å². The minimum absolute atomic E-state index is 0.605. The third kappa shape index (κ3) is 0.992. The smallest absolute Gasteiger partial charge is 0.212 e. The Hall–Kier alpha value is -1.03. The molecule has 0 aliphatic rings. The first-order chi connectivity index (χ1) is 5.83. The third-order valence-corrected chi connectivity index (χ3v) is 2.13. The second-order valence-electron chi connectivity index (χ2n) is 2.28. The van der Waals surface area contributed by atoms with Crippen LogP contribution in [0.15, 0.2) is 27.5 Å². The van der Waals surface area contributed by atoms with Crippen LogP contribution in [0.2, 0.25) is 0 Å². The Morgan fingerprint density at radius 1 is 1.58 bits per heavy atom. The fourth-order valence-electron chi connectivity index (χ4n) is 1.09. The molecule has 12 heavy (non-hydrogen) atoms. The highest BCUT2D eigenvalue weighted by Crippen LogP contribution is 2.35. The average molecular weight is 228 g/mol. The number of hydrogen-bond donors (Lipinski definition) is 0. The van der Waals surface area contributed by atoms with Gasteiger partial charge in [-0.25, -0.2) is 0 Å². The molecule has 0 saturated heterocycles. The second-order valence-corrected chi connectivity index (χ2v) is 3.00. The number of rotatable bonds is 1. The summed E-state index contributed by atoms with van der Waals surface area (Å²) < 4.78 is 11.1. The number of fused-ring (bicyclic) bond motifs is 1. The monoisotopic (exact) mass is 227 g/mol. The van der Waals surface area contributed by atoms with E-state index >= 15 is 0 Å². The molecule has 0 atom stereocenters. The zero-order valence-corrected chi connectivity index (χ0v) is 7.96. The van der Waals surface area contributed by atoms with Gasteiger partial charge in [0, 0.05) is 6.20 Å². The molecule has 0 spiro atoms. The van der Waals surface area contributed by atoms with Gasteiger partial charge in [-0.3, -0.25) is 4.98 Å². The summed E-state index contributed by atoms with van der Waals surface area (Å²) in [6.07, 6.45) is 3.36. The Bertz CT molecular complexity index is 410. The van der Waals surface area contributed by atoms with Crippen LogP contribution in [0.3, 0.4) is 0 Å². The average Bonchev–Trinajstić information content (AvgIpc) is 2.40. The minimum Gasteiger partial charge on any atom is -0.492 e. The van der Waals surface area contributed by atoms with Crippen molar-refractivity contribution in [2.75, 3.05) is 7.11 Å². The lowest BCUT2D eigenvalue weighted by Crippen LogP contribution is -1.80. The molecule has 0 N–H and O–H groups in total. The van der Waals surface area contributed by atoms with Crippen molar-refractivity contribution in [3.8, 4) is 5.75 Å². The lowest BCUT2D eigenvalue weighted by atomic mass is 10.3. The van der Waals surface area contributed by atoms with Crippen molar-refractivity contribution in [2.24, 2.45) is 0 Å². The van der Waals surface area contributed by atoms with Crippen LogP contribution in [0.25, 0.3) is 11.0 Å². The summed E-state index contributed by atoms with van der Waals surface area (Å²) in [4.78, 5) is 3.93. The molecule has 2 heterocycles. The summed E-state index contributed by atoms with van der Waals surface area (Å²) in [5, 5.41) is 0.930. The molecular weight excluding hydrogens is 222 g/mol. The molecule has 2 rings (SSSR count). The van der Waals surface area contributed by atoms with E-state index < -0.39 is 0 Å². The van der Waals surface area contributed by atoms with Crippen molar-refractivity contribution >= 4 is 26.9 Å². The van der Waals surface area contributed by atoms with E-state index in [1.54, 1.807) is 19.5 Å². The normalized spacial score (nSPS) is 10.5. The van der Waals surface area contributed by atoms with Crippen molar-refractivity contribution in [2.45, 2.75) is 0 Å². The van der Waals surface area contributed by atoms with Crippen molar-refractivity contribution in [1.29, 1.82) is 0 Å². The quantitative estimate of drug-likeness (QED) is 0.752. The Labute approximate surface area is 77.5 Å². The first kappa shape index (κ1) is 7.61. The Morgan fingerprint density at radius 3 is 3.17 bits per heavy atom. The van der Waals surface area contributed by atoms with Crippen molar-refractivity contribution in [3.63, 3.8) is 0 Å². The van der Waals surface area contributed by atoms with Crippen LogP contribution in [0.5, 0.6) is 5.75 Å². The van der Waals surface area contributed by atoms with Crippen LogP contribution in [0, 0.1) is 0 Å². The molecule has 62 valence electrons. The van der Waals surface area contributed by atoms with Crippen LogP contribution < -0.4 is 4.74 Å². The largest absolute Gasteiger partial charge is 0.492 e. The fourth-order valence-corrected chi connectivity index (χ4v) is 1.64. The van der Waals surface area contributed by atoms with E-state index in [9.17, 15) is 0 Å². The van der Waals surface area contributed by atoms with Gasteiger partial charge in [-0.1, -0.05) is 0 Å². The van der Waals surface area contributed by atoms with Crippen LogP contribution in [0.4, 0.5) is 0 Å². The number of pyridine rings is 1. The zero-order valence-electron chi connectivity index (χ0n) is 6.37. The Balaban J connectivity index is 2.81. The third-order valence-electron chi connectivity index (χ3n) is 1.61. The predicted octanol–water partition coefficient (Wildman–Crippen LogP) is 2.60. The highest BCUT2D eigenvalue weighted by atomic mass is 79.9. The lowest BCUT2D eigenvalue weighted by Gasteiger charge is -1.93. The van der Waals surface area contributed by atoms with E-state index in [0.29, 0.717) is 10.4 Å². The minimum atomic E-state index is 0.605. The summed E-state index contributed by atoms with van der Waals surface area (Å²) in [5.41, 5.74) is 0.723. The molecule has 0 unspecified atom stereocenters. The highest BCUT2D eigenvalue weighted by molar-refractivity contribution is 9.10. The molecule has 0 saturated carbocycles. The molecule has 0 amide bonds. The van der Waals surface area contributed by atoms with Crippen LogP contribution >= 0.6 is 15.9 Å². The maximum Gasteiger partial charge on any atom is 0.212 e. The first-order valence-electron chi connectivity index (χ1n) is 3.39. The SMILES string of the molecule is COc1c(Br)oc2cnccc12. The number of nitrogens with zero attached hydrogens (tertiary/aromatic N) is 1. The molecule has 0 bridgehead atoms. The molecule has 4 heteroatoms. The van der Waals surface area contributed by atoms with E-state index in [0.717, 1.165) is 11.0 Å². The van der Waals surface area contributed by atoms with E-state index in [1.807, 2.05) is 6.07 Å². The van der Waals surface area contributed by atoms with Gasteiger partial charge < -0.3 is 9.15 Å². The van der Waals surface area contributed by atoms with Crippen LogP contribution in [-0.2, 0) is 0 Å². The van der Waals surface area contributed by atoms with Crippen molar-refractivity contribution in [1.82, 2.24) is 4.98 Å². The van der Waals surface area contributed by atoms with Gasteiger partial charge in [0.2, 0.25) is 4.67 Å². The molecule has 0 aliphatic carbocycles. The summed E-state index contributed by atoms with van der Waals surface area (Å²) in [6.45, 7) is 0. The topological polar surface area (TPSA) is 35.3 Å².